The maximum absolute atomic E-state index is 13.5. The summed E-state index contributed by atoms with van der Waals surface area (Å²) in [6, 6.07) is 7.73. The second kappa shape index (κ2) is 8.61. The average Bonchev–Trinajstić information content (AvgIpc) is 3.58. The molecule has 6 nitrogen and oxygen atoms in total. The number of carbonyl (C=O) groups excluding carboxylic acids is 3. The van der Waals surface area contributed by atoms with Gasteiger partial charge >= 0.3 is 6.18 Å². The number of rotatable bonds is 7. The van der Waals surface area contributed by atoms with Gasteiger partial charge in [0.2, 0.25) is 17.7 Å². The Morgan fingerprint density at radius 3 is 2.48 bits per heavy atom. The lowest BCUT2D eigenvalue weighted by Gasteiger charge is -2.30. The molecule has 0 N–H and O–H groups in total. The molecule has 33 heavy (non-hydrogen) atoms. The number of pyridine rings is 1. The minimum absolute atomic E-state index is 0.0483. The summed E-state index contributed by atoms with van der Waals surface area (Å²) < 4.78 is 40.2. The number of hydrogen-bond acceptors (Lipinski definition) is 4. The molecule has 1 saturated carbocycles. The number of alkyl halides is 3. The second-order valence-corrected chi connectivity index (χ2v) is 8.58. The van der Waals surface area contributed by atoms with Gasteiger partial charge in [-0.3, -0.25) is 24.3 Å². The number of hydrogen-bond donors (Lipinski definition) is 0. The fourth-order valence-corrected chi connectivity index (χ4v) is 4.38. The van der Waals surface area contributed by atoms with E-state index in [1.807, 2.05) is 0 Å². The smallest absolute Gasteiger partial charge is 0.339 e. The largest absolute Gasteiger partial charge is 0.416 e. The van der Waals surface area contributed by atoms with Gasteiger partial charge in [0.1, 0.15) is 0 Å². The molecule has 2 aromatic rings. The topological polar surface area (TPSA) is 70.6 Å². The lowest BCUT2D eigenvalue weighted by molar-refractivity contribution is -0.143. The van der Waals surface area contributed by atoms with Crippen molar-refractivity contribution in [3.63, 3.8) is 0 Å². The third kappa shape index (κ3) is 4.49. The Balaban J connectivity index is 1.70. The summed E-state index contributed by atoms with van der Waals surface area (Å²) in [6.07, 6.45) is -0.752. The van der Waals surface area contributed by atoms with E-state index in [1.165, 1.54) is 17.0 Å². The number of nitrogens with zero attached hydrogens (tertiary/aromatic N) is 3. The molecule has 9 heteroatoms. The van der Waals surface area contributed by atoms with Crippen molar-refractivity contribution in [2.24, 2.45) is 0 Å². The number of imide groups is 1. The predicted octanol–water partition coefficient (Wildman–Crippen LogP) is 3.70. The maximum atomic E-state index is 13.5. The minimum Gasteiger partial charge on any atom is -0.339 e. The van der Waals surface area contributed by atoms with E-state index < -0.39 is 34.9 Å². The van der Waals surface area contributed by atoms with Crippen LogP contribution in [0.3, 0.4) is 0 Å². The van der Waals surface area contributed by atoms with E-state index in [4.69, 9.17) is 0 Å². The average molecular weight is 459 g/mol. The summed E-state index contributed by atoms with van der Waals surface area (Å²) in [5.41, 5.74) is -1.68. The molecule has 1 aliphatic heterocycles. The van der Waals surface area contributed by atoms with Gasteiger partial charge in [-0.15, -0.1) is 0 Å². The molecule has 1 aromatic heterocycles. The van der Waals surface area contributed by atoms with Crippen molar-refractivity contribution < 1.29 is 27.6 Å². The lowest BCUT2D eigenvalue weighted by Crippen LogP contribution is -2.44. The van der Waals surface area contributed by atoms with Crippen molar-refractivity contribution in [1.82, 2.24) is 14.8 Å². The molecule has 0 bridgehead atoms. The zero-order valence-electron chi connectivity index (χ0n) is 18.1. The van der Waals surface area contributed by atoms with Crippen LogP contribution >= 0.6 is 0 Å². The van der Waals surface area contributed by atoms with E-state index in [0.29, 0.717) is 19.4 Å². The SMILES string of the molecule is CCN(Cc1ccncc1)C(=O)CC1(c2cccc(C(F)(F)F)c2)CC(=O)N(C2CC2)C1=O. The van der Waals surface area contributed by atoms with Gasteiger partial charge in [0.25, 0.3) is 0 Å². The molecule has 0 radical (unpaired) electrons. The van der Waals surface area contributed by atoms with E-state index in [9.17, 15) is 27.6 Å². The predicted molar refractivity (Wildman–Crippen MR) is 113 cm³/mol. The quantitative estimate of drug-likeness (QED) is 0.592. The van der Waals surface area contributed by atoms with Gasteiger partial charge in [-0.1, -0.05) is 18.2 Å². The van der Waals surface area contributed by atoms with E-state index in [-0.39, 0.29) is 31.0 Å². The Kier molecular flexibility index (Phi) is 5.99. The zero-order valence-corrected chi connectivity index (χ0v) is 18.1. The Bertz CT molecular complexity index is 1070. The minimum atomic E-state index is -4.61. The molecular weight excluding hydrogens is 435 g/mol. The molecule has 2 fully saturated rings. The first-order valence-corrected chi connectivity index (χ1v) is 10.9. The molecule has 1 aromatic carbocycles. The van der Waals surface area contributed by atoms with Crippen molar-refractivity contribution in [3.05, 3.63) is 65.5 Å². The van der Waals surface area contributed by atoms with Gasteiger partial charge in [0.15, 0.2) is 0 Å². The van der Waals surface area contributed by atoms with E-state index in [2.05, 4.69) is 4.98 Å². The van der Waals surface area contributed by atoms with Crippen molar-refractivity contribution in [1.29, 1.82) is 0 Å². The molecule has 0 spiro atoms. The molecule has 3 amide bonds. The molecule has 1 atom stereocenters. The Hall–Kier alpha value is -3.23. The molecule has 4 rings (SSSR count). The Morgan fingerprint density at radius 1 is 1.18 bits per heavy atom. The zero-order chi connectivity index (χ0) is 23.8. The lowest BCUT2D eigenvalue weighted by atomic mass is 9.75. The molecule has 2 heterocycles. The van der Waals surface area contributed by atoms with Gasteiger partial charge in [-0.2, -0.15) is 13.2 Å². The molecule has 1 aliphatic carbocycles. The highest BCUT2D eigenvalue weighted by molar-refractivity contribution is 6.11. The van der Waals surface area contributed by atoms with Crippen LogP contribution in [-0.2, 0) is 32.5 Å². The van der Waals surface area contributed by atoms with Crippen molar-refractivity contribution >= 4 is 17.7 Å². The van der Waals surface area contributed by atoms with Crippen molar-refractivity contribution in [2.45, 2.75) is 56.8 Å². The third-order valence-corrected chi connectivity index (χ3v) is 6.31. The second-order valence-electron chi connectivity index (χ2n) is 8.58. The Morgan fingerprint density at radius 2 is 1.88 bits per heavy atom. The van der Waals surface area contributed by atoms with Gasteiger partial charge < -0.3 is 4.90 Å². The molecule has 174 valence electrons. The van der Waals surface area contributed by atoms with Crippen LogP contribution in [0.15, 0.2) is 48.8 Å². The summed E-state index contributed by atoms with van der Waals surface area (Å²) in [4.78, 5) is 46.3. The third-order valence-electron chi connectivity index (χ3n) is 6.31. The fourth-order valence-electron chi connectivity index (χ4n) is 4.38. The first-order chi connectivity index (χ1) is 15.7. The van der Waals surface area contributed by atoms with Gasteiger partial charge in [0.05, 0.1) is 11.0 Å². The summed E-state index contributed by atoms with van der Waals surface area (Å²) in [7, 11) is 0. The van der Waals surface area contributed by atoms with Crippen LogP contribution in [0, 0.1) is 0 Å². The highest BCUT2D eigenvalue weighted by atomic mass is 19.4. The normalized spacial score (nSPS) is 20.9. The van der Waals surface area contributed by atoms with Gasteiger partial charge in [-0.05, 0) is 49.1 Å². The van der Waals surface area contributed by atoms with Gasteiger partial charge in [0, 0.05) is 44.4 Å². The van der Waals surface area contributed by atoms with Gasteiger partial charge in [-0.25, -0.2) is 0 Å². The maximum Gasteiger partial charge on any atom is 0.416 e. The highest BCUT2D eigenvalue weighted by Crippen LogP contribution is 2.45. The molecule has 2 aliphatic rings. The van der Waals surface area contributed by atoms with E-state index in [1.54, 1.807) is 31.5 Å². The number of likely N-dealkylation sites (tertiary alicyclic amines) is 1. The monoisotopic (exact) mass is 459 g/mol. The molecule has 1 saturated heterocycles. The van der Waals surface area contributed by atoms with Crippen molar-refractivity contribution in [2.75, 3.05) is 6.54 Å². The number of carbonyl (C=O) groups is 3. The fraction of sp³-hybridized carbons (Fsp3) is 0.417. The summed E-state index contributed by atoms with van der Waals surface area (Å²) in [5.74, 6) is -1.42. The van der Waals surface area contributed by atoms with Crippen LogP contribution < -0.4 is 0 Å². The van der Waals surface area contributed by atoms with Crippen LogP contribution in [0.1, 0.15) is 49.3 Å². The van der Waals surface area contributed by atoms with Crippen LogP contribution in [0.4, 0.5) is 13.2 Å². The number of halogens is 3. The van der Waals surface area contributed by atoms with Crippen LogP contribution in [-0.4, -0.2) is 45.1 Å². The van der Waals surface area contributed by atoms with Crippen LogP contribution in [0.2, 0.25) is 0 Å². The first-order valence-electron chi connectivity index (χ1n) is 10.9. The standard InChI is InChI=1S/C24H24F3N3O3/c1-2-29(15-16-8-10-28-11-9-16)20(31)13-23(14-21(32)30(22(23)33)19-6-7-19)17-4-3-5-18(12-17)24(25,26)27/h3-5,8-12,19H,2,6-7,13-15H2,1H3. The summed E-state index contributed by atoms with van der Waals surface area (Å²) >= 11 is 0. The number of amides is 3. The molecule has 1 unspecified atom stereocenters. The first kappa shape index (κ1) is 22.9. The highest BCUT2D eigenvalue weighted by Gasteiger charge is 2.57. The van der Waals surface area contributed by atoms with Crippen LogP contribution in [0.25, 0.3) is 0 Å². The van der Waals surface area contributed by atoms with Crippen molar-refractivity contribution in [3.8, 4) is 0 Å². The summed E-state index contributed by atoms with van der Waals surface area (Å²) in [6.45, 7) is 2.40. The summed E-state index contributed by atoms with van der Waals surface area (Å²) in [5, 5.41) is 0. The Labute approximate surface area is 189 Å². The van der Waals surface area contributed by atoms with Crippen LogP contribution in [0.5, 0.6) is 0 Å². The number of aromatic nitrogens is 1. The van der Waals surface area contributed by atoms with E-state index in [0.717, 1.165) is 22.6 Å². The molecular formula is C24H24F3N3O3. The van der Waals surface area contributed by atoms with E-state index >= 15 is 0 Å². The number of benzene rings is 1.